The predicted molar refractivity (Wildman–Crippen MR) is 110 cm³/mol. The van der Waals surface area contributed by atoms with Crippen LogP contribution in [0.15, 0.2) is 53.4 Å². The molecule has 2 aromatic carbocycles. The normalized spacial score (nSPS) is 18.0. The first kappa shape index (κ1) is 20.6. The minimum absolute atomic E-state index is 0.00406. The number of carbonyl (C=O) groups excluding carboxylic acids is 1. The van der Waals surface area contributed by atoms with Gasteiger partial charge in [-0.2, -0.15) is 4.31 Å². The molecule has 0 aromatic heterocycles. The maximum Gasteiger partial charge on any atom is 0.243 e. The summed E-state index contributed by atoms with van der Waals surface area (Å²) in [6.07, 6.45) is 1.41. The Hall–Kier alpha value is -2.18. The molecule has 1 saturated heterocycles. The summed E-state index contributed by atoms with van der Waals surface area (Å²) in [6, 6.07) is 15.0. The van der Waals surface area contributed by atoms with Gasteiger partial charge in [0.2, 0.25) is 15.9 Å². The highest BCUT2D eigenvalue weighted by atomic mass is 32.2. The fourth-order valence-electron chi connectivity index (χ4n) is 3.58. The Labute approximate surface area is 168 Å². The van der Waals surface area contributed by atoms with E-state index in [-0.39, 0.29) is 18.4 Å². The molecule has 6 heteroatoms. The van der Waals surface area contributed by atoms with E-state index >= 15 is 0 Å². The zero-order valence-electron chi connectivity index (χ0n) is 16.8. The summed E-state index contributed by atoms with van der Waals surface area (Å²) in [5.74, 6) is -0.297. The van der Waals surface area contributed by atoms with Gasteiger partial charge in [0.05, 0.1) is 10.8 Å². The maximum absolute atomic E-state index is 13.0. The molecule has 150 valence electrons. The lowest BCUT2D eigenvalue weighted by atomic mass is 9.98. The van der Waals surface area contributed by atoms with Crippen LogP contribution in [0.1, 0.15) is 29.5 Å². The van der Waals surface area contributed by atoms with Gasteiger partial charge in [0, 0.05) is 26.7 Å². The van der Waals surface area contributed by atoms with Crippen LogP contribution in [0, 0.1) is 19.8 Å². The largest absolute Gasteiger partial charge is 0.341 e. The molecule has 0 bridgehead atoms. The van der Waals surface area contributed by atoms with Crippen LogP contribution >= 0.6 is 0 Å². The van der Waals surface area contributed by atoms with Gasteiger partial charge in [-0.3, -0.25) is 4.79 Å². The van der Waals surface area contributed by atoms with Crippen LogP contribution in [0.5, 0.6) is 0 Å². The van der Waals surface area contributed by atoms with Crippen molar-refractivity contribution >= 4 is 15.9 Å². The molecule has 1 aliphatic rings. The Kier molecular flexibility index (Phi) is 6.20. The summed E-state index contributed by atoms with van der Waals surface area (Å²) in [7, 11) is -1.78. The van der Waals surface area contributed by atoms with E-state index in [1.807, 2.05) is 38.1 Å². The summed E-state index contributed by atoms with van der Waals surface area (Å²) in [4.78, 5) is 14.9. The van der Waals surface area contributed by atoms with Gasteiger partial charge in [0.25, 0.3) is 0 Å². The van der Waals surface area contributed by atoms with Crippen LogP contribution in [-0.2, 0) is 21.4 Å². The fraction of sp³-hybridized carbons (Fsp3) is 0.409. The third-order valence-corrected chi connectivity index (χ3v) is 7.19. The molecule has 1 amide bonds. The summed E-state index contributed by atoms with van der Waals surface area (Å²) >= 11 is 0. The molecule has 1 aliphatic heterocycles. The number of amides is 1. The number of hydrogen-bond donors (Lipinski definition) is 0. The van der Waals surface area contributed by atoms with Crippen molar-refractivity contribution in [3.05, 3.63) is 65.2 Å². The number of piperidine rings is 1. The van der Waals surface area contributed by atoms with Crippen LogP contribution in [0.2, 0.25) is 0 Å². The van der Waals surface area contributed by atoms with E-state index in [4.69, 9.17) is 0 Å². The number of hydrogen-bond acceptors (Lipinski definition) is 3. The smallest absolute Gasteiger partial charge is 0.243 e. The van der Waals surface area contributed by atoms with E-state index in [1.165, 1.54) is 9.87 Å². The fourth-order valence-corrected chi connectivity index (χ4v) is 5.10. The zero-order chi connectivity index (χ0) is 20.3. The second kappa shape index (κ2) is 8.45. The molecule has 0 N–H and O–H groups in total. The van der Waals surface area contributed by atoms with Crippen LogP contribution < -0.4 is 0 Å². The highest BCUT2D eigenvalue weighted by molar-refractivity contribution is 7.89. The molecule has 2 aromatic rings. The SMILES string of the molecule is Cc1ccc(CN(C)C(=O)[C@H]2CCCN(S(=O)(=O)c3ccc(C)cc3)C2)cc1. The van der Waals surface area contributed by atoms with Gasteiger partial charge in [-0.05, 0) is 44.4 Å². The van der Waals surface area contributed by atoms with Crippen molar-refractivity contribution in [3.8, 4) is 0 Å². The zero-order valence-corrected chi connectivity index (χ0v) is 17.6. The molecule has 3 rings (SSSR count). The van der Waals surface area contributed by atoms with Gasteiger partial charge in [-0.1, -0.05) is 47.5 Å². The number of sulfonamides is 1. The molecule has 5 nitrogen and oxygen atoms in total. The summed E-state index contributed by atoms with van der Waals surface area (Å²) in [6.45, 7) is 5.19. The summed E-state index contributed by atoms with van der Waals surface area (Å²) in [5, 5.41) is 0. The van der Waals surface area contributed by atoms with Gasteiger partial charge in [-0.15, -0.1) is 0 Å². The Balaban J connectivity index is 1.68. The monoisotopic (exact) mass is 400 g/mol. The van der Waals surface area contributed by atoms with Crippen molar-refractivity contribution in [1.82, 2.24) is 9.21 Å². The first-order valence-corrected chi connectivity index (χ1v) is 11.1. The summed E-state index contributed by atoms with van der Waals surface area (Å²) in [5.41, 5.74) is 3.27. The molecule has 0 saturated carbocycles. The number of nitrogens with zero attached hydrogens (tertiary/aromatic N) is 2. The Bertz CT molecular complexity index is 921. The average molecular weight is 401 g/mol. The molecule has 1 fully saturated rings. The Morgan fingerprint density at radius 3 is 2.21 bits per heavy atom. The van der Waals surface area contributed by atoms with Crippen LogP contribution in [0.25, 0.3) is 0 Å². The van der Waals surface area contributed by atoms with E-state index in [2.05, 4.69) is 0 Å². The van der Waals surface area contributed by atoms with Gasteiger partial charge in [0.15, 0.2) is 0 Å². The van der Waals surface area contributed by atoms with Crippen LogP contribution in [-0.4, -0.2) is 43.7 Å². The molecule has 0 unspecified atom stereocenters. The lowest BCUT2D eigenvalue weighted by molar-refractivity contribution is -0.135. The molecule has 28 heavy (non-hydrogen) atoms. The highest BCUT2D eigenvalue weighted by Gasteiger charge is 2.34. The molecule has 1 heterocycles. The van der Waals surface area contributed by atoms with Crippen LogP contribution in [0.4, 0.5) is 0 Å². The third-order valence-electron chi connectivity index (χ3n) is 5.31. The number of benzene rings is 2. The number of aryl methyl sites for hydroxylation is 2. The van der Waals surface area contributed by atoms with E-state index in [0.717, 1.165) is 17.5 Å². The van der Waals surface area contributed by atoms with Crippen molar-refractivity contribution in [2.24, 2.45) is 5.92 Å². The minimum Gasteiger partial charge on any atom is -0.341 e. The third kappa shape index (κ3) is 4.62. The molecule has 1 atom stereocenters. The molecular formula is C22H28N2O3S. The van der Waals surface area contributed by atoms with E-state index < -0.39 is 10.0 Å². The van der Waals surface area contributed by atoms with Crippen molar-refractivity contribution in [1.29, 1.82) is 0 Å². The lowest BCUT2D eigenvalue weighted by Crippen LogP contribution is -2.45. The number of rotatable bonds is 5. The maximum atomic E-state index is 13.0. The van der Waals surface area contributed by atoms with Gasteiger partial charge >= 0.3 is 0 Å². The first-order chi connectivity index (χ1) is 13.3. The lowest BCUT2D eigenvalue weighted by Gasteiger charge is -2.33. The van der Waals surface area contributed by atoms with Crippen molar-refractivity contribution in [2.75, 3.05) is 20.1 Å². The Morgan fingerprint density at radius 2 is 1.61 bits per heavy atom. The second-order valence-electron chi connectivity index (χ2n) is 7.70. The Morgan fingerprint density at radius 1 is 1.04 bits per heavy atom. The average Bonchev–Trinajstić information content (AvgIpc) is 2.69. The van der Waals surface area contributed by atoms with Crippen molar-refractivity contribution in [3.63, 3.8) is 0 Å². The molecular weight excluding hydrogens is 372 g/mol. The van der Waals surface area contributed by atoms with E-state index in [1.54, 1.807) is 36.2 Å². The summed E-state index contributed by atoms with van der Waals surface area (Å²) < 4.78 is 27.4. The van der Waals surface area contributed by atoms with E-state index in [9.17, 15) is 13.2 Å². The van der Waals surface area contributed by atoms with Crippen molar-refractivity contribution < 1.29 is 13.2 Å². The predicted octanol–water partition coefficient (Wildman–Crippen LogP) is 3.36. The molecule has 0 aliphatic carbocycles. The molecule has 0 spiro atoms. The van der Waals surface area contributed by atoms with Gasteiger partial charge < -0.3 is 4.90 Å². The minimum atomic E-state index is -3.57. The van der Waals surface area contributed by atoms with Gasteiger partial charge in [-0.25, -0.2) is 8.42 Å². The standard InChI is InChI=1S/C22H28N2O3S/c1-17-6-10-19(11-7-17)15-23(3)22(25)20-5-4-14-24(16-20)28(26,27)21-12-8-18(2)9-13-21/h6-13,20H,4-5,14-16H2,1-3H3/t20-/m0/s1. The van der Waals surface area contributed by atoms with Crippen molar-refractivity contribution in [2.45, 2.75) is 38.1 Å². The van der Waals surface area contributed by atoms with Gasteiger partial charge in [0.1, 0.15) is 0 Å². The second-order valence-corrected chi connectivity index (χ2v) is 9.63. The highest BCUT2D eigenvalue weighted by Crippen LogP contribution is 2.25. The quantitative estimate of drug-likeness (QED) is 0.773. The number of carbonyl (C=O) groups is 1. The van der Waals surface area contributed by atoms with Crippen LogP contribution in [0.3, 0.4) is 0 Å². The van der Waals surface area contributed by atoms with E-state index in [0.29, 0.717) is 24.4 Å². The topological polar surface area (TPSA) is 57.7 Å². The molecule has 0 radical (unpaired) electrons. The first-order valence-electron chi connectivity index (χ1n) is 9.65.